The number of allylic oxidation sites excluding steroid dienone is 4. The fourth-order valence-electron chi connectivity index (χ4n) is 1.92. The van der Waals surface area contributed by atoms with Gasteiger partial charge < -0.3 is 14.5 Å². The van der Waals surface area contributed by atoms with Gasteiger partial charge in [-0.25, -0.2) is 0 Å². The maximum absolute atomic E-state index is 10.6. The molecule has 0 amide bonds. The molecule has 0 rings (SSSR count). The zero-order valence-electron chi connectivity index (χ0n) is 13.8. The Balaban J connectivity index is 3.70. The maximum Gasteiger partial charge on any atom is 0.350 e. The number of hydrogen-bond donors (Lipinski definition) is 2. The third kappa shape index (κ3) is 15.8. The van der Waals surface area contributed by atoms with E-state index in [0.29, 0.717) is 12.5 Å². The van der Waals surface area contributed by atoms with Crippen molar-refractivity contribution in [3.8, 4) is 0 Å². The van der Waals surface area contributed by atoms with E-state index in [9.17, 15) is 4.57 Å². The Kier molecular flexibility index (Phi) is 11.0. The molecule has 0 aliphatic heterocycles. The first-order valence-corrected chi connectivity index (χ1v) is 9.42. The highest BCUT2D eigenvalue weighted by Crippen LogP contribution is 2.33. The predicted octanol–water partition coefficient (Wildman–Crippen LogP) is 4.64. The van der Waals surface area contributed by atoms with Gasteiger partial charge in [0.25, 0.3) is 0 Å². The van der Waals surface area contributed by atoms with Gasteiger partial charge in [-0.1, -0.05) is 30.2 Å². The summed E-state index contributed by atoms with van der Waals surface area (Å²) in [5.41, 5.74) is 2.80. The van der Waals surface area contributed by atoms with Crippen LogP contribution in [-0.4, -0.2) is 22.7 Å². The Bertz CT molecular complexity index is 378. The molecule has 4 nitrogen and oxygen atoms in total. The molecule has 0 fully saturated rings. The van der Waals surface area contributed by atoms with Crippen molar-refractivity contribution in [1.82, 2.24) is 0 Å². The lowest BCUT2D eigenvalue weighted by molar-refractivity contribution is 0.143. The summed E-state index contributed by atoms with van der Waals surface area (Å²) in [5, 5.41) is 0. The molecule has 0 bridgehead atoms. The molecule has 21 heavy (non-hydrogen) atoms. The second-order valence-corrected chi connectivity index (χ2v) is 7.63. The van der Waals surface area contributed by atoms with E-state index in [1.165, 1.54) is 11.1 Å². The van der Waals surface area contributed by atoms with Crippen molar-refractivity contribution in [2.24, 2.45) is 5.92 Å². The Morgan fingerprint density at radius 2 is 1.81 bits per heavy atom. The first-order chi connectivity index (χ1) is 9.70. The molecule has 0 aromatic heterocycles. The van der Waals surface area contributed by atoms with E-state index < -0.39 is 13.9 Å². The zero-order valence-corrected chi connectivity index (χ0v) is 14.7. The monoisotopic (exact) mass is 318 g/mol. The minimum absolute atomic E-state index is 0.412. The van der Waals surface area contributed by atoms with Gasteiger partial charge in [0.1, 0.15) is 6.35 Å². The van der Waals surface area contributed by atoms with Crippen molar-refractivity contribution >= 4 is 7.60 Å². The molecule has 0 aliphatic rings. The van der Waals surface area contributed by atoms with Gasteiger partial charge >= 0.3 is 7.60 Å². The maximum atomic E-state index is 10.6. The molecule has 0 heterocycles. The standard InChI is InChI=1S/C16H31O4P/c1-14(2)7-5-8-15(3)9-6-10-16(4)11-12-20-13-21(17,18)19/h7,9,16H,5-6,8,10-13H2,1-4H3,(H2,17,18,19). The van der Waals surface area contributed by atoms with Gasteiger partial charge in [-0.2, -0.15) is 0 Å². The fourth-order valence-corrected chi connectivity index (χ4v) is 2.28. The summed E-state index contributed by atoms with van der Waals surface area (Å²) in [5.74, 6) is 0.503. The highest BCUT2D eigenvalue weighted by molar-refractivity contribution is 7.51. The minimum Gasteiger partial charge on any atom is -0.369 e. The quantitative estimate of drug-likeness (QED) is 0.331. The number of hydrogen-bond acceptors (Lipinski definition) is 2. The van der Waals surface area contributed by atoms with Crippen molar-refractivity contribution in [2.45, 2.75) is 59.8 Å². The first-order valence-electron chi connectivity index (χ1n) is 7.62. The van der Waals surface area contributed by atoms with Crippen molar-refractivity contribution < 1.29 is 19.1 Å². The first kappa shape index (κ1) is 20.6. The van der Waals surface area contributed by atoms with Crippen molar-refractivity contribution in [2.75, 3.05) is 13.0 Å². The molecule has 124 valence electrons. The van der Waals surface area contributed by atoms with Crippen LogP contribution in [0.4, 0.5) is 0 Å². The lowest BCUT2D eigenvalue weighted by Crippen LogP contribution is -2.03. The second-order valence-electron chi connectivity index (χ2n) is 6.04. The van der Waals surface area contributed by atoms with Gasteiger partial charge in [-0.05, 0) is 58.8 Å². The molecular formula is C16H31O4P. The number of ether oxygens (including phenoxy) is 1. The molecule has 5 heteroatoms. The van der Waals surface area contributed by atoms with Crippen LogP contribution in [0.25, 0.3) is 0 Å². The zero-order chi connectivity index (χ0) is 16.3. The molecule has 1 atom stereocenters. The molecule has 0 aromatic carbocycles. The molecule has 0 aromatic rings. The van der Waals surface area contributed by atoms with Crippen LogP contribution in [0.5, 0.6) is 0 Å². The minimum atomic E-state index is -4.01. The van der Waals surface area contributed by atoms with E-state index in [4.69, 9.17) is 14.5 Å². The summed E-state index contributed by atoms with van der Waals surface area (Å²) in [6.45, 7) is 8.97. The normalized spacial score (nSPS) is 14.1. The van der Waals surface area contributed by atoms with Crippen LogP contribution in [0.2, 0.25) is 0 Å². The second kappa shape index (κ2) is 11.2. The van der Waals surface area contributed by atoms with Crippen molar-refractivity contribution in [1.29, 1.82) is 0 Å². The van der Waals surface area contributed by atoms with Gasteiger partial charge in [-0.3, -0.25) is 4.57 Å². The molecule has 0 saturated carbocycles. The summed E-state index contributed by atoms with van der Waals surface area (Å²) < 4.78 is 15.6. The van der Waals surface area contributed by atoms with Crippen LogP contribution in [0, 0.1) is 5.92 Å². The van der Waals surface area contributed by atoms with Crippen LogP contribution < -0.4 is 0 Å². The van der Waals surface area contributed by atoms with Crippen molar-refractivity contribution in [3.63, 3.8) is 0 Å². The van der Waals surface area contributed by atoms with Gasteiger partial charge in [0, 0.05) is 6.61 Å². The largest absolute Gasteiger partial charge is 0.369 e. The molecule has 0 saturated heterocycles. The number of rotatable bonds is 11. The smallest absolute Gasteiger partial charge is 0.350 e. The van der Waals surface area contributed by atoms with Crippen LogP contribution in [-0.2, 0) is 9.30 Å². The molecule has 1 unspecified atom stereocenters. The fraction of sp³-hybridized carbons (Fsp3) is 0.750. The van der Waals surface area contributed by atoms with E-state index in [2.05, 4.69) is 39.8 Å². The molecule has 0 aliphatic carbocycles. The van der Waals surface area contributed by atoms with Gasteiger partial charge in [0.2, 0.25) is 0 Å². The average molecular weight is 318 g/mol. The van der Waals surface area contributed by atoms with Gasteiger partial charge in [-0.15, -0.1) is 0 Å². The van der Waals surface area contributed by atoms with Crippen LogP contribution in [0.3, 0.4) is 0 Å². The van der Waals surface area contributed by atoms with E-state index in [1.807, 2.05) is 0 Å². The predicted molar refractivity (Wildman–Crippen MR) is 88.3 cm³/mol. The van der Waals surface area contributed by atoms with E-state index in [-0.39, 0.29) is 0 Å². The van der Waals surface area contributed by atoms with E-state index in [0.717, 1.165) is 32.1 Å². The van der Waals surface area contributed by atoms with E-state index in [1.54, 1.807) is 0 Å². The molecule has 2 N–H and O–H groups in total. The third-order valence-electron chi connectivity index (χ3n) is 3.26. The van der Waals surface area contributed by atoms with Crippen molar-refractivity contribution in [3.05, 3.63) is 23.3 Å². The van der Waals surface area contributed by atoms with Gasteiger partial charge in [0.15, 0.2) is 0 Å². The molecule has 0 spiro atoms. The Labute approximate surface area is 129 Å². The topological polar surface area (TPSA) is 66.8 Å². The Morgan fingerprint density at radius 3 is 2.38 bits per heavy atom. The third-order valence-corrected chi connectivity index (χ3v) is 3.78. The van der Waals surface area contributed by atoms with Crippen LogP contribution >= 0.6 is 7.60 Å². The highest BCUT2D eigenvalue weighted by atomic mass is 31.2. The summed E-state index contributed by atoms with van der Waals surface area (Å²) in [6, 6.07) is 0. The Hall–Kier alpha value is -0.410. The van der Waals surface area contributed by atoms with Gasteiger partial charge in [0.05, 0.1) is 0 Å². The average Bonchev–Trinajstić information content (AvgIpc) is 2.33. The Morgan fingerprint density at radius 1 is 1.14 bits per heavy atom. The SMILES string of the molecule is CC(C)=CCCC(C)=CCCC(C)CCOCP(=O)(O)O. The molecule has 0 radical (unpaired) electrons. The van der Waals surface area contributed by atoms with Crippen LogP contribution in [0.1, 0.15) is 59.8 Å². The highest BCUT2D eigenvalue weighted by Gasteiger charge is 2.12. The van der Waals surface area contributed by atoms with Crippen LogP contribution in [0.15, 0.2) is 23.3 Å². The lowest BCUT2D eigenvalue weighted by Gasteiger charge is -2.11. The summed E-state index contributed by atoms with van der Waals surface area (Å²) >= 11 is 0. The van der Waals surface area contributed by atoms with E-state index >= 15 is 0 Å². The summed E-state index contributed by atoms with van der Waals surface area (Å²) in [7, 11) is -4.01. The lowest BCUT2D eigenvalue weighted by atomic mass is 10.0. The summed E-state index contributed by atoms with van der Waals surface area (Å²) in [4.78, 5) is 17.3. The molecular weight excluding hydrogens is 287 g/mol. The summed E-state index contributed by atoms with van der Waals surface area (Å²) in [6.07, 6.45) is 9.29.